The number of methoxy groups -OCH3 is 1. The summed E-state index contributed by atoms with van der Waals surface area (Å²) in [5.74, 6) is 0.592. The zero-order valence-electron chi connectivity index (χ0n) is 20.4. The first-order valence-electron chi connectivity index (χ1n) is 11.9. The fraction of sp³-hybridized carbons (Fsp3) is 0.583. The van der Waals surface area contributed by atoms with Crippen molar-refractivity contribution in [2.24, 2.45) is 0 Å². The summed E-state index contributed by atoms with van der Waals surface area (Å²) >= 11 is 0. The molecule has 0 radical (unpaired) electrons. The number of nitrogens with zero attached hydrogens (tertiary/aromatic N) is 3. The molecule has 38 heavy (non-hydrogen) atoms. The van der Waals surface area contributed by atoms with Crippen molar-refractivity contribution < 1.29 is 50.1 Å². The molecule has 2 fully saturated rings. The zero-order valence-corrected chi connectivity index (χ0v) is 20.4. The highest BCUT2D eigenvalue weighted by Gasteiger charge is 2.47. The quantitative estimate of drug-likeness (QED) is 0.452. The van der Waals surface area contributed by atoms with Crippen LogP contribution in [0, 0.1) is 0 Å². The highest BCUT2D eigenvalue weighted by Crippen LogP contribution is 2.41. The maximum absolute atomic E-state index is 13.5. The monoisotopic (exact) mass is 551 g/mol. The molecular formula is C24H27F6N3O5. The Morgan fingerprint density at radius 2 is 1.82 bits per heavy atom. The molecule has 1 spiro atoms. The Labute approximate surface area is 214 Å². The molecule has 2 aromatic rings. The van der Waals surface area contributed by atoms with Gasteiger partial charge >= 0.3 is 18.4 Å². The SMILES string of the molecule is COc1ccc(COC[C@@H](OC(=O)N2CCC3(CC2)CC(n2ccc(C(F)(F)F)n2)CO3)C(F)(F)F)cc1. The molecular weight excluding hydrogens is 524 g/mol. The van der Waals surface area contributed by atoms with Gasteiger partial charge in [0.2, 0.25) is 6.10 Å². The summed E-state index contributed by atoms with van der Waals surface area (Å²) in [5.41, 5.74) is -1.07. The molecule has 0 saturated carbocycles. The van der Waals surface area contributed by atoms with E-state index in [0.717, 1.165) is 6.07 Å². The number of hydrogen-bond donors (Lipinski definition) is 0. The maximum atomic E-state index is 13.5. The third-order valence-corrected chi connectivity index (χ3v) is 6.70. The highest BCUT2D eigenvalue weighted by molar-refractivity contribution is 5.68. The lowest BCUT2D eigenvalue weighted by atomic mass is 9.87. The summed E-state index contributed by atoms with van der Waals surface area (Å²) in [6.45, 7) is -0.677. The number of alkyl halides is 6. The molecule has 1 aromatic carbocycles. The molecule has 210 valence electrons. The Hall–Kier alpha value is -3.00. The lowest BCUT2D eigenvalue weighted by Gasteiger charge is -2.38. The van der Waals surface area contributed by atoms with E-state index < -0.39 is 48.5 Å². The van der Waals surface area contributed by atoms with E-state index in [4.69, 9.17) is 18.9 Å². The van der Waals surface area contributed by atoms with Gasteiger partial charge in [-0.05, 0) is 36.6 Å². The number of benzene rings is 1. The van der Waals surface area contributed by atoms with E-state index in [2.05, 4.69) is 5.10 Å². The molecule has 0 aliphatic carbocycles. The second-order valence-electron chi connectivity index (χ2n) is 9.29. The van der Waals surface area contributed by atoms with Crippen molar-refractivity contribution in [2.75, 3.05) is 33.4 Å². The Bertz CT molecular complexity index is 1080. The molecule has 4 rings (SSSR count). The Kier molecular flexibility index (Phi) is 8.12. The summed E-state index contributed by atoms with van der Waals surface area (Å²) < 4.78 is 101. The maximum Gasteiger partial charge on any atom is 0.435 e. The van der Waals surface area contributed by atoms with E-state index in [-0.39, 0.29) is 26.3 Å². The molecule has 1 aromatic heterocycles. The molecule has 1 unspecified atom stereocenters. The first kappa shape index (κ1) is 28.0. The van der Waals surface area contributed by atoms with E-state index in [9.17, 15) is 31.1 Å². The molecule has 2 aliphatic rings. The van der Waals surface area contributed by atoms with Crippen molar-refractivity contribution in [3.8, 4) is 5.75 Å². The van der Waals surface area contributed by atoms with Gasteiger partial charge < -0.3 is 23.8 Å². The molecule has 2 saturated heterocycles. The van der Waals surface area contributed by atoms with Crippen molar-refractivity contribution in [3.05, 3.63) is 47.8 Å². The number of hydrogen-bond acceptors (Lipinski definition) is 6. The number of ether oxygens (including phenoxy) is 4. The molecule has 0 N–H and O–H groups in total. The first-order valence-corrected chi connectivity index (χ1v) is 11.9. The van der Waals surface area contributed by atoms with Crippen LogP contribution in [0.1, 0.15) is 36.6 Å². The smallest absolute Gasteiger partial charge is 0.435 e. The van der Waals surface area contributed by atoms with E-state index in [1.54, 1.807) is 24.3 Å². The fourth-order valence-electron chi connectivity index (χ4n) is 4.53. The van der Waals surface area contributed by atoms with Crippen molar-refractivity contribution in [1.82, 2.24) is 14.7 Å². The summed E-state index contributed by atoms with van der Waals surface area (Å²) in [6.07, 6.45) is -10.7. The zero-order chi connectivity index (χ0) is 27.6. The molecule has 3 heterocycles. The van der Waals surface area contributed by atoms with E-state index >= 15 is 0 Å². The van der Waals surface area contributed by atoms with Gasteiger partial charge in [-0.3, -0.25) is 4.68 Å². The van der Waals surface area contributed by atoms with Crippen LogP contribution >= 0.6 is 0 Å². The minimum Gasteiger partial charge on any atom is -0.497 e. The second-order valence-corrected chi connectivity index (χ2v) is 9.29. The molecule has 0 bridgehead atoms. The molecule has 2 atom stereocenters. The van der Waals surface area contributed by atoms with Crippen LogP contribution < -0.4 is 4.74 Å². The number of piperidine rings is 1. The second kappa shape index (κ2) is 11.0. The molecule has 14 heteroatoms. The number of aromatic nitrogens is 2. The van der Waals surface area contributed by atoms with Gasteiger partial charge in [0.1, 0.15) is 5.75 Å². The average Bonchev–Trinajstić information content (AvgIpc) is 3.52. The van der Waals surface area contributed by atoms with Crippen LogP contribution in [0.3, 0.4) is 0 Å². The summed E-state index contributed by atoms with van der Waals surface area (Å²) in [7, 11) is 1.49. The Balaban J connectivity index is 1.27. The van der Waals surface area contributed by atoms with Gasteiger partial charge in [-0.15, -0.1) is 0 Å². The molecule has 2 aliphatic heterocycles. The number of amides is 1. The van der Waals surface area contributed by atoms with Crippen molar-refractivity contribution >= 4 is 6.09 Å². The van der Waals surface area contributed by atoms with Gasteiger partial charge in [-0.2, -0.15) is 31.4 Å². The summed E-state index contributed by atoms with van der Waals surface area (Å²) in [5, 5.41) is 3.59. The van der Waals surface area contributed by atoms with Gasteiger partial charge in [0.05, 0.1) is 38.6 Å². The predicted molar refractivity (Wildman–Crippen MR) is 119 cm³/mol. The van der Waals surface area contributed by atoms with Crippen molar-refractivity contribution in [2.45, 2.75) is 56.0 Å². The summed E-state index contributed by atoms with van der Waals surface area (Å²) in [6, 6.07) is 7.06. The number of carbonyl (C=O) groups is 1. The Morgan fingerprint density at radius 1 is 1.13 bits per heavy atom. The van der Waals surface area contributed by atoms with Crippen LogP contribution in [-0.2, 0) is 27.0 Å². The predicted octanol–water partition coefficient (Wildman–Crippen LogP) is 4.99. The van der Waals surface area contributed by atoms with E-state index in [1.165, 1.54) is 22.9 Å². The topological polar surface area (TPSA) is 75.1 Å². The number of likely N-dealkylation sites (tertiary alicyclic amines) is 1. The van der Waals surface area contributed by atoms with E-state index in [0.29, 0.717) is 30.6 Å². The minimum absolute atomic E-state index is 0.0791. The third-order valence-electron chi connectivity index (χ3n) is 6.70. The molecule has 8 nitrogen and oxygen atoms in total. The van der Waals surface area contributed by atoms with E-state index in [1.807, 2.05) is 0 Å². The van der Waals surface area contributed by atoms with Crippen LogP contribution in [0.2, 0.25) is 0 Å². The van der Waals surface area contributed by atoms with Crippen molar-refractivity contribution in [3.63, 3.8) is 0 Å². The number of halogens is 6. The molecule has 1 amide bonds. The van der Waals surface area contributed by atoms with Gasteiger partial charge in [0, 0.05) is 25.7 Å². The van der Waals surface area contributed by atoms with Crippen LogP contribution in [0.5, 0.6) is 5.75 Å². The van der Waals surface area contributed by atoms with Gasteiger partial charge in [-0.1, -0.05) is 12.1 Å². The van der Waals surface area contributed by atoms with Crippen LogP contribution in [0.15, 0.2) is 36.5 Å². The highest BCUT2D eigenvalue weighted by atomic mass is 19.4. The van der Waals surface area contributed by atoms with Gasteiger partial charge in [0.15, 0.2) is 5.69 Å². The Morgan fingerprint density at radius 3 is 2.39 bits per heavy atom. The summed E-state index contributed by atoms with van der Waals surface area (Å²) in [4.78, 5) is 13.7. The largest absolute Gasteiger partial charge is 0.497 e. The average molecular weight is 551 g/mol. The third kappa shape index (κ3) is 6.70. The minimum atomic E-state index is -4.83. The van der Waals surface area contributed by atoms with Gasteiger partial charge in [0.25, 0.3) is 0 Å². The first-order chi connectivity index (χ1) is 17.9. The fourth-order valence-corrected chi connectivity index (χ4v) is 4.53. The van der Waals surface area contributed by atoms with Crippen LogP contribution in [-0.4, -0.2) is 72.1 Å². The van der Waals surface area contributed by atoms with Crippen LogP contribution in [0.4, 0.5) is 31.1 Å². The number of carbonyl (C=O) groups excluding carboxylic acids is 1. The standard InChI is InChI=1S/C24H27F6N3O5/c1-35-18-4-2-16(3-5-18)13-36-15-20(24(28,29)30)38-21(34)32-10-7-22(8-11-32)12-17(14-37-22)33-9-6-19(31-33)23(25,26)27/h2-6,9,17,20H,7-8,10-15H2,1H3/t17?,20-/m1/s1. The lowest BCUT2D eigenvalue weighted by Crippen LogP contribution is -2.49. The van der Waals surface area contributed by atoms with Crippen molar-refractivity contribution in [1.29, 1.82) is 0 Å². The lowest BCUT2D eigenvalue weighted by molar-refractivity contribution is -0.220. The van der Waals surface area contributed by atoms with Crippen LogP contribution in [0.25, 0.3) is 0 Å². The van der Waals surface area contributed by atoms with Gasteiger partial charge in [-0.25, -0.2) is 4.79 Å². The normalized spacial score (nSPS) is 20.5. The number of rotatable bonds is 7.